The van der Waals surface area contributed by atoms with Crippen molar-refractivity contribution in [3.8, 4) is 5.75 Å². The fraction of sp³-hybridized carbons (Fsp3) is 0.263. The molecule has 140 valence electrons. The van der Waals surface area contributed by atoms with Gasteiger partial charge in [-0.25, -0.2) is 9.37 Å². The van der Waals surface area contributed by atoms with Crippen LogP contribution < -0.4 is 26.1 Å². The Morgan fingerprint density at radius 3 is 2.93 bits per heavy atom. The summed E-state index contributed by atoms with van der Waals surface area (Å²) in [5, 5.41) is 8.56. The summed E-state index contributed by atoms with van der Waals surface area (Å²) in [7, 11) is 1.44. The van der Waals surface area contributed by atoms with Crippen LogP contribution >= 0.6 is 11.6 Å². The molecule has 27 heavy (non-hydrogen) atoms. The van der Waals surface area contributed by atoms with Gasteiger partial charge < -0.3 is 19.8 Å². The summed E-state index contributed by atoms with van der Waals surface area (Å²) < 4.78 is 24.8. The summed E-state index contributed by atoms with van der Waals surface area (Å²) in [6.07, 6.45) is 0. The molecule has 0 fully saturated rings. The summed E-state index contributed by atoms with van der Waals surface area (Å²) in [6.45, 7) is 4.57. The van der Waals surface area contributed by atoms with E-state index in [0.29, 0.717) is 40.9 Å². The number of benzene rings is 1. The van der Waals surface area contributed by atoms with Gasteiger partial charge in [-0.3, -0.25) is 4.99 Å². The van der Waals surface area contributed by atoms with Gasteiger partial charge in [-0.05, 0) is 37.1 Å². The van der Waals surface area contributed by atoms with Crippen molar-refractivity contribution in [2.45, 2.75) is 20.4 Å². The first kappa shape index (κ1) is 17.6. The van der Waals surface area contributed by atoms with Crippen LogP contribution in [0.4, 0.5) is 4.39 Å². The zero-order chi connectivity index (χ0) is 19.1. The standard InChI is InChI=1S/C19H18ClFN4O2/c1-9-14-16-17(27-19(14)25-10(2)15(9)20)18(24-8-23-16)22-7-11-4-5-13(26-3)12(21)6-11/h4-6,22,24H,7-8H2,1-3H3. The zero-order valence-electron chi connectivity index (χ0n) is 15.1. The fourth-order valence-corrected chi connectivity index (χ4v) is 3.30. The number of hydrogen-bond donors (Lipinski definition) is 2. The Hall–Kier alpha value is -2.80. The van der Waals surface area contributed by atoms with Crippen molar-refractivity contribution in [1.82, 2.24) is 15.6 Å². The van der Waals surface area contributed by atoms with Crippen molar-refractivity contribution in [3.05, 3.63) is 56.6 Å². The molecule has 0 saturated heterocycles. The Kier molecular flexibility index (Phi) is 4.39. The topological polar surface area (TPSA) is 71.7 Å². The molecule has 0 aliphatic carbocycles. The van der Waals surface area contributed by atoms with E-state index in [-0.39, 0.29) is 5.75 Å². The summed E-state index contributed by atoms with van der Waals surface area (Å²) in [5.41, 5.74) is 3.45. The minimum Gasteiger partial charge on any atom is -0.494 e. The van der Waals surface area contributed by atoms with Gasteiger partial charge in [0.15, 0.2) is 17.0 Å². The van der Waals surface area contributed by atoms with Crippen LogP contribution in [0.15, 0.2) is 27.6 Å². The molecule has 0 spiro atoms. The second-order valence-corrected chi connectivity index (χ2v) is 6.66. The van der Waals surface area contributed by atoms with Crippen LogP contribution in [0.1, 0.15) is 16.8 Å². The van der Waals surface area contributed by atoms with Crippen molar-refractivity contribution in [1.29, 1.82) is 0 Å². The minimum absolute atomic E-state index is 0.217. The first-order valence-corrected chi connectivity index (χ1v) is 8.81. The maximum Gasteiger partial charge on any atom is 0.229 e. The number of furan rings is 1. The zero-order valence-corrected chi connectivity index (χ0v) is 15.9. The first-order valence-electron chi connectivity index (χ1n) is 8.43. The number of pyridine rings is 1. The van der Waals surface area contributed by atoms with Crippen molar-refractivity contribution in [3.63, 3.8) is 0 Å². The third-order valence-corrected chi connectivity index (χ3v) is 5.12. The molecule has 2 N–H and O–H groups in total. The fourth-order valence-electron chi connectivity index (χ4n) is 3.16. The van der Waals surface area contributed by atoms with Crippen LogP contribution in [-0.4, -0.2) is 18.8 Å². The Bertz CT molecular complexity index is 1170. The van der Waals surface area contributed by atoms with Gasteiger partial charge in [-0.15, -0.1) is 0 Å². The molecule has 4 rings (SSSR count). The van der Waals surface area contributed by atoms with E-state index < -0.39 is 5.82 Å². The van der Waals surface area contributed by atoms with Gasteiger partial charge in [0.05, 0.1) is 23.2 Å². The highest BCUT2D eigenvalue weighted by molar-refractivity contribution is 6.32. The molecule has 8 heteroatoms. The second kappa shape index (κ2) is 6.74. The Balaban J connectivity index is 1.75. The molecule has 0 atom stereocenters. The maximum absolute atomic E-state index is 13.9. The quantitative estimate of drug-likeness (QED) is 0.717. The number of nitrogens with zero attached hydrogens (tertiary/aromatic N) is 2. The number of hydrogen-bond acceptors (Lipinski definition) is 6. The Morgan fingerprint density at radius 1 is 1.37 bits per heavy atom. The smallest absolute Gasteiger partial charge is 0.229 e. The molecule has 0 unspecified atom stereocenters. The van der Waals surface area contributed by atoms with Crippen LogP contribution in [0.2, 0.25) is 5.02 Å². The van der Waals surface area contributed by atoms with Crippen LogP contribution in [-0.2, 0) is 6.54 Å². The summed E-state index contributed by atoms with van der Waals surface area (Å²) in [4.78, 5) is 8.95. The monoisotopic (exact) mass is 388 g/mol. The van der Waals surface area contributed by atoms with E-state index >= 15 is 0 Å². The normalized spacial score (nSPS) is 13.1. The number of nitrogens with one attached hydrogen (secondary N) is 2. The average molecular weight is 389 g/mol. The molecule has 1 aromatic carbocycles. The summed E-state index contributed by atoms with van der Waals surface area (Å²) >= 11 is 6.34. The van der Waals surface area contributed by atoms with Crippen molar-refractivity contribution in [2.75, 3.05) is 13.8 Å². The molecule has 3 heterocycles. The third-order valence-electron chi connectivity index (χ3n) is 4.56. The summed E-state index contributed by atoms with van der Waals surface area (Å²) in [5.74, 6) is 0.500. The van der Waals surface area contributed by atoms with E-state index in [1.54, 1.807) is 12.1 Å². The number of aromatic nitrogens is 1. The van der Waals surface area contributed by atoms with Crippen LogP contribution in [0.25, 0.3) is 16.9 Å². The average Bonchev–Trinajstić information content (AvgIpc) is 3.03. The van der Waals surface area contributed by atoms with E-state index in [9.17, 15) is 4.39 Å². The van der Waals surface area contributed by atoms with Crippen LogP contribution in [0, 0.1) is 19.7 Å². The van der Waals surface area contributed by atoms with Crippen molar-refractivity contribution >= 4 is 28.5 Å². The highest BCUT2D eigenvalue weighted by atomic mass is 35.5. The van der Waals surface area contributed by atoms with Crippen LogP contribution in [0.3, 0.4) is 0 Å². The molecule has 0 bridgehead atoms. The van der Waals surface area contributed by atoms with Gasteiger partial charge in [0.25, 0.3) is 0 Å². The van der Waals surface area contributed by atoms with Gasteiger partial charge in [0, 0.05) is 6.54 Å². The summed E-state index contributed by atoms with van der Waals surface area (Å²) in [6, 6.07) is 4.84. The molecular formula is C19H18ClFN4O2. The van der Waals surface area contributed by atoms with Crippen LogP contribution in [0.5, 0.6) is 5.75 Å². The van der Waals surface area contributed by atoms with Gasteiger partial charge >= 0.3 is 0 Å². The Morgan fingerprint density at radius 2 is 2.19 bits per heavy atom. The molecule has 0 saturated carbocycles. The molecule has 0 amide bonds. The lowest BCUT2D eigenvalue weighted by Gasteiger charge is -2.13. The van der Waals surface area contributed by atoms with E-state index in [4.69, 9.17) is 20.8 Å². The van der Waals surface area contributed by atoms with Gasteiger partial charge in [-0.2, -0.15) is 0 Å². The second-order valence-electron chi connectivity index (χ2n) is 6.29. The predicted octanol–water partition coefficient (Wildman–Crippen LogP) is 2.28. The maximum atomic E-state index is 13.9. The molecule has 2 aromatic heterocycles. The number of ether oxygens (including phenoxy) is 1. The number of methoxy groups -OCH3 is 1. The van der Waals surface area contributed by atoms with E-state index in [2.05, 4.69) is 20.6 Å². The van der Waals surface area contributed by atoms with E-state index in [1.165, 1.54) is 13.2 Å². The lowest BCUT2D eigenvalue weighted by molar-refractivity contribution is 0.386. The lowest BCUT2D eigenvalue weighted by Crippen LogP contribution is -2.41. The number of rotatable bonds is 4. The minimum atomic E-state index is -0.400. The molecular weight excluding hydrogens is 371 g/mol. The van der Waals surface area contributed by atoms with Gasteiger partial charge in [0.1, 0.15) is 17.8 Å². The van der Waals surface area contributed by atoms with E-state index in [0.717, 1.165) is 21.9 Å². The first-order chi connectivity index (χ1) is 13.0. The molecule has 1 aliphatic heterocycles. The highest BCUT2D eigenvalue weighted by Crippen LogP contribution is 2.24. The predicted molar refractivity (Wildman–Crippen MR) is 100 cm³/mol. The van der Waals surface area contributed by atoms with Crippen molar-refractivity contribution in [2.24, 2.45) is 4.99 Å². The SMILES string of the molecule is COc1ccc(CNC2=c3oc4nc(C)c(Cl)c(C)c4c3=NCN2)cc1F. The highest BCUT2D eigenvalue weighted by Gasteiger charge is 2.18. The molecule has 6 nitrogen and oxygen atoms in total. The van der Waals surface area contributed by atoms with Gasteiger partial charge in [-0.1, -0.05) is 17.7 Å². The number of fused-ring (bicyclic) bond motifs is 3. The van der Waals surface area contributed by atoms with E-state index in [1.807, 2.05) is 13.8 Å². The van der Waals surface area contributed by atoms with Crippen molar-refractivity contribution < 1.29 is 13.5 Å². The molecule has 1 aliphatic rings. The molecule has 3 aromatic rings. The lowest BCUT2D eigenvalue weighted by atomic mass is 10.1. The van der Waals surface area contributed by atoms with Gasteiger partial charge in [0.2, 0.25) is 5.71 Å². The molecule has 0 radical (unpaired) electrons. The number of halogens is 2. The number of aryl methyl sites for hydroxylation is 2. The largest absolute Gasteiger partial charge is 0.494 e. The Labute approximate surface area is 159 Å². The third kappa shape index (κ3) is 2.98.